The van der Waals surface area contributed by atoms with Crippen molar-refractivity contribution in [2.45, 2.75) is 0 Å². The fourth-order valence-electron chi connectivity index (χ4n) is 1.31. The average molecular weight is 184 g/mol. The Morgan fingerprint density at radius 2 is 0.929 bits per heavy atom. The molecule has 0 aromatic rings. The Morgan fingerprint density at radius 3 is 1.21 bits per heavy atom. The Kier molecular flexibility index (Phi) is 2.99. The van der Waals surface area contributed by atoms with E-state index in [1.54, 1.807) is 51.4 Å². The molecule has 2 rings (SSSR count). The predicted molar refractivity (Wildman–Crippen MR) is 50.9 cm³/mol. The van der Waals surface area contributed by atoms with Gasteiger partial charge in [0.25, 0.3) is 0 Å². The van der Waals surface area contributed by atoms with Crippen molar-refractivity contribution in [1.29, 1.82) is 0 Å². The van der Waals surface area contributed by atoms with E-state index in [0.29, 0.717) is 11.8 Å². The van der Waals surface area contributed by atoms with Crippen molar-refractivity contribution in [3.05, 3.63) is 63.2 Å². The van der Waals surface area contributed by atoms with E-state index in [9.17, 15) is 9.59 Å². The first-order valence-electron chi connectivity index (χ1n) is 4.31. The van der Waals surface area contributed by atoms with Gasteiger partial charge in [0.15, 0.2) is 0 Å². The first-order valence-corrected chi connectivity index (χ1v) is 4.31. The van der Waals surface area contributed by atoms with Crippen LogP contribution in [0.5, 0.6) is 0 Å². The van der Waals surface area contributed by atoms with Gasteiger partial charge in [0.05, 0.1) is 11.8 Å². The maximum absolute atomic E-state index is 11.6. The molecule has 0 bridgehead atoms. The van der Waals surface area contributed by atoms with Crippen molar-refractivity contribution in [2.75, 3.05) is 0 Å². The maximum Gasteiger partial charge on any atom is 0.206 e. The van der Waals surface area contributed by atoms with Crippen LogP contribution in [0.25, 0.3) is 0 Å². The van der Waals surface area contributed by atoms with Crippen LogP contribution in [0.4, 0.5) is 0 Å². The molecule has 0 atom stereocenters. The molecule has 0 spiro atoms. The van der Waals surface area contributed by atoms with Crippen LogP contribution in [0.1, 0.15) is 0 Å². The van der Waals surface area contributed by atoms with Crippen LogP contribution in [-0.4, -0.2) is 11.6 Å². The Bertz CT molecular complexity index is 207. The van der Waals surface area contributed by atoms with Gasteiger partial charge < -0.3 is 0 Å². The van der Waals surface area contributed by atoms with Crippen LogP contribution < -0.4 is 0 Å². The molecule has 0 aromatic carbocycles. The van der Waals surface area contributed by atoms with Gasteiger partial charge in [-0.15, -0.1) is 0 Å². The predicted octanol–water partition coefficient (Wildman–Crippen LogP) is 0.935. The van der Waals surface area contributed by atoms with Crippen molar-refractivity contribution >= 4 is 11.6 Å². The highest BCUT2D eigenvalue weighted by Gasteiger charge is 2.35. The second-order valence-electron chi connectivity index (χ2n) is 3.01. The molecule has 68 valence electrons. The standard InChI is InChI=1S/C12H8O2/c13-11(9-5-1-2-6-9)12(14)10-7-3-4-8-10/h1-8H. The Labute approximate surface area is 85.1 Å². The molecular weight excluding hydrogens is 176 g/mol. The lowest BCUT2D eigenvalue weighted by Crippen LogP contribution is -2.25. The van der Waals surface area contributed by atoms with Crippen LogP contribution in [0, 0.1) is 63.2 Å². The molecule has 0 heterocycles. The van der Waals surface area contributed by atoms with Crippen molar-refractivity contribution in [2.24, 2.45) is 0 Å². The van der Waals surface area contributed by atoms with Gasteiger partial charge in [-0.05, 0) is 51.4 Å². The normalized spacial score (nSPS) is 24.3. The van der Waals surface area contributed by atoms with Gasteiger partial charge in [-0.1, -0.05) is 0 Å². The lowest BCUT2D eigenvalue weighted by atomic mass is 9.91. The summed E-state index contributed by atoms with van der Waals surface area (Å²) in [6.45, 7) is 0. The van der Waals surface area contributed by atoms with Crippen molar-refractivity contribution < 1.29 is 9.59 Å². The third-order valence-electron chi connectivity index (χ3n) is 2.06. The molecule has 0 saturated heterocycles. The van der Waals surface area contributed by atoms with E-state index in [2.05, 4.69) is 0 Å². The summed E-state index contributed by atoms with van der Waals surface area (Å²) in [6, 6.07) is 0. The highest BCUT2D eigenvalue weighted by atomic mass is 16.2. The largest absolute Gasteiger partial charge is 0.290 e. The topological polar surface area (TPSA) is 34.1 Å². The Morgan fingerprint density at radius 1 is 0.643 bits per heavy atom. The van der Waals surface area contributed by atoms with E-state index < -0.39 is 11.6 Å². The van der Waals surface area contributed by atoms with Crippen molar-refractivity contribution in [1.82, 2.24) is 0 Å². The minimum atomic E-state index is -0.443. The van der Waals surface area contributed by atoms with Gasteiger partial charge in [-0.3, -0.25) is 9.59 Å². The van der Waals surface area contributed by atoms with Gasteiger partial charge in [-0.25, -0.2) is 0 Å². The van der Waals surface area contributed by atoms with Gasteiger partial charge in [0.1, 0.15) is 0 Å². The number of ketones is 2. The molecule has 2 saturated carbocycles. The summed E-state index contributed by atoms with van der Waals surface area (Å²) in [6.07, 6.45) is 13.5. The van der Waals surface area contributed by atoms with Crippen LogP contribution in [0.15, 0.2) is 0 Å². The van der Waals surface area contributed by atoms with E-state index in [4.69, 9.17) is 0 Å². The molecule has 2 heteroatoms. The number of carbonyl (C=O) groups excluding carboxylic acids is 2. The summed E-state index contributed by atoms with van der Waals surface area (Å²) in [4.78, 5) is 23.1. The van der Waals surface area contributed by atoms with E-state index in [1.165, 1.54) is 0 Å². The third kappa shape index (κ3) is 1.89. The fraction of sp³-hybridized carbons (Fsp3) is 0. The maximum atomic E-state index is 11.6. The van der Waals surface area contributed by atoms with Crippen molar-refractivity contribution in [3.8, 4) is 0 Å². The minimum absolute atomic E-state index is 0.443. The summed E-state index contributed by atoms with van der Waals surface area (Å²) in [5.74, 6) is 0.0230. The van der Waals surface area contributed by atoms with Crippen LogP contribution in [0.2, 0.25) is 0 Å². The quantitative estimate of drug-likeness (QED) is 0.611. The molecular formula is C12H8O2. The molecule has 0 N–H and O–H groups in total. The molecule has 2 aliphatic carbocycles. The minimum Gasteiger partial charge on any atom is -0.290 e. The Hall–Kier alpha value is -0.660. The lowest BCUT2D eigenvalue weighted by Gasteiger charge is -2.08. The van der Waals surface area contributed by atoms with Crippen LogP contribution in [0.3, 0.4) is 0 Å². The van der Waals surface area contributed by atoms with E-state index >= 15 is 0 Å². The SMILES string of the molecule is O=C([C]1[CH][CH][CH][CH]1)C(=O)[C]1[CH][CH][CH][CH]1. The second-order valence-corrected chi connectivity index (χ2v) is 3.01. The molecule has 10 radical (unpaired) electrons. The van der Waals surface area contributed by atoms with Crippen LogP contribution in [-0.2, 0) is 9.59 Å². The lowest BCUT2D eigenvalue weighted by molar-refractivity contribution is -0.133. The number of Topliss-reactive ketones (excluding diaryl/α,β-unsaturated/α-hetero) is 2. The van der Waals surface area contributed by atoms with E-state index in [-0.39, 0.29) is 0 Å². The molecule has 14 heavy (non-hydrogen) atoms. The first kappa shape index (κ1) is 9.88. The fourth-order valence-corrected chi connectivity index (χ4v) is 1.31. The zero-order chi connectivity index (χ0) is 9.97. The Balaban J connectivity index is 1.92. The van der Waals surface area contributed by atoms with Gasteiger partial charge in [0, 0.05) is 0 Å². The monoisotopic (exact) mass is 184 g/mol. The molecule has 0 unspecified atom stereocenters. The van der Waals surface area contributed by atoms with Gasteiger partial charge >= 0.3 is 0 Å². The highest BCUT2D eigenvalue weighted by molar-refractivity contribution is 6.48. The summed E-state index contributed by atoms with van der Waals surface area (Å²) in [7, 11) is 0. The summed E-state index contributed by atoms with van der Waals surface area (Å²) in [5, 5.41) is 0. The summed E-state index contributed by atoms with van der Waals surface area (Å²) >= 11 is 0. The van der Waals surface area contributed by atoms with Crippen LogP contribution >= 0.6 is 0 Å². The van der Waals surface area contributed by atoms with Gasteiger partial charge in [0.2, 0.25) is 11.6 Å². The third-order valence-corrected chi connectivity index (χ3v) is 2.06. The average Bonchev–Trinajstić information content (AvgIpc) is 2.87. The zero-order valence-electron chi connectivity index (χ0n) is 7.44. The first-order chi connectivity index (χ1) is 6.79. The molecule has 0 aromatic heterocycles. The van der Waals surface area contributed by atoms with Gasteiger partial charge in [-0.2, -0.15) is 0 Å². The number of hydrogen-bond acceptors (Lipinski definition) is 2. The summed E-state index contributed by atoms with van der Waals surface area (Å²) in [5.41, 5.74) is 0. The molecule has 2 fully saturated rings. The van der Waals surface area contributed by atoms with E-state index in [1.807, 2.05) is 0 Å². The zero-order valence-corrected chi connectivity index (χ0v) is 7.44. The molecule has 2 aliphatic rings. The summed E-state index contributed by atoms with van der Waals surface area (Å²) < 4.78 is 0. The molecule has 0 amide bonds. The van der Waals surface area contributed by atoms with Crippen molar-refractivity contribution in [3.63, 3.8) is 0 Å². The number of hydrogen-bond donors (Lipinski definition) is 0. The smallest absolute Gasteiger partial charge is 0.206 e. The number of carbonyl (C=O) groups is 2. The molecule has 2 nitrogen and oxygen atoms in total. The highest BCUT2D eigenvalue weighted by Crippen LogP contribution is 2.29. The second kappa shape index (κ2) is 4.24. The van der Waals surface area contributed by atoms with E-state index in [0.717, 1.165) is 0 Å². The molecule has 0 aliphatic heterocycles. The number of rotatable bonds is 3.